The van der Waals surface area contributed by atoms with E-state index in [0.717, 1.165) is 21.6 Å². The fraction of sp³-hybridized carbons (Fsp3) is 0.357. The number of benzene rings is 3. The summed E-state index contributed by atoms with van der Waals surface area (Å²) in [5, 5.41) is -1.50. The van der Waals surface area contributed by atoms with E-state index in [2.05, 4.69) is 0 Å². The van der Waals surface area contributed by atoms with Gasteiger partial charge in [0.1, 0.15) is 17.5 Å². The van der Waals surface area contributed by atoms with Crippen LogP contribution in [0.15, 0.2) is 88.7 Å². The minimum atomic E-state index is -3.84. The number of hydrogen-bond donors (Lipinski definition) is 0. The summed E-state index contributed by atoms with van der Waals surface area (Å²) in [5.41, 5.74) is 2.95. The Morgan fingerprint density at radius 1 is 0.861 bits per heavy atom. The predicted molar refractivity (Wildman–Crippen MR) is 139 cm³/mol. The van der Waals surface area contributed by atoms with Crippen LogP contribution in [0.1, 0.15) is 23.0 Å². The maximum absolute atomic E-state index is 14.3. The summed E-state index contributed by atoms with van der Waals surface area (Å²) < 4.78 is 52.9. The highest BCUT2D eigenvalue weighted by Crippen LogP contribution is 2.44. The van der Waals surface area contributed by atoms with Crippen LogP contribution in [-0.2, 0) is 28.8 Å². The molecule has 0 aliphatic carbocycles. The molecule has 3 aromatic carbocycles. The molecule has 1 unspecified atom stereocenters. The molecule has 0 aromatic heterocycles. The second-order valence-electron chi connectivity index (χ2n) is 9.17. The zero-order valence-electron chi connectivity index (χ0n) is 20.4. The van der Waals surface area contributed by atoms with Gasteiger partial charge in [-0.05, 0) is 38.1 Å². The van der Waals surface area contributed by atoms with Gasteiger partial charge >= 0.3 is 0 Å². The maximum Gasteiger partial charge on any atom is 0.185 e. The number of fused-ring (bicyclic) bond motifs is 1. The molecule has 0 saturated carbocycles. The third-order valence-corrected chi connectivity index (χ3v) is 10.3. The first-order valence-corrected chi connectivity index (χ1v) is 14.3. The Labute approximate surface area is 216 Å². The molecule has 5 rings (SSSR count). The van der Waals surface area contributed by atoms with Crippen LogP contribution >= 0.6 is 11.8 Å². The molecule has 0 radical (unpaired) electrons. The second kappa shape index (κ2) is 10.7. The van der Waals surface area contributed by atoms with Crippen LogP contribution in [0.5, 0.6) is 0 Å². The number of sulfone groups is 1. The lowest BCUT2D eigenvalue weighted by Crippen LogP contribution is -2.63. The minimum absolute atomic E-state index is 0.200. The molecule has 2 fully saturated rings. The first-order chi connectivity index (χ1) is 17.4. The lowest BCUT2D eigenvalue weighted by molar-refractivity contribution is -0.309. The summed E-state index contributed by atoms with van der Waals surface area (Å²) in [7, 11) is -2.29. The molecule has 190 valence electrons. The van der Waals surface area contributed by atoms with Crippen LogP contribution in [0.2, 0.25) is 0 Å². The van der Waals surface area contributed by atoms with Crippen LogP contribution in [0.25, 0.3) is 0 Å². The number of aryl methyl sites for hydroxylation is 2. The van der Waals surface area contributed by atoms with Crippen molar-refractivity contribution in [2.45, 2.75) is 58.9 Å². The van der Waals surface area contributed by atoms with E-state index >= 15 is 0 Å². The van der Waals surface area contributed by atoms with E-state index in [1.165, 1.54) is 11.8 Å². The number of ether oxygens (including phenoxy) is 4. The van der Waals surface area contributed by atoms with E-state index in [1.807, 2.05) is 80.6 Å². The van der Waals surface area contributed by atoms with Crippen LogP contribution in [0.3, 0.4) is 0 Å². The van der Waals surface area contributed by atoms with Gasteiger partial charge in [-0.2, -0.15) is 0 Å². The molecule has 2 saturated heterocycles. The summed E-state index contributed by atoms with van der Waals surface area (Å²) in [6.45, 7) is 4.15. The largest absolute Gasteiger partial charge is 0.355 e. The van der Waals surface area contributed by atoms with Crippen LogP contribution in [0, 0.1) is 13.8 Å². The summed E-state index contributed by atoms with van der Waals surface area (Å²) in [6.07, 6.45) is -2.78. The van der Waals surface area contributed by atoms with Crippen molar-refractivity contribution >= 4 is 21.6 Å². The molecule has 3 aromatic rings. The van der Waals surface area contributed by atoms with Crippen molar-refractivity contribution in [2.75, 3.05) is 13.7 Å². The van der Waals surface area contributed by atoms with Crippen LogP contribution in [-0.4, -0.2) is 51.1 Å². The Kier molecular flexibility index (Phi) is 7.53. The summed E-state index contributed by atoms with van der Waals surface area (Å²) in [5.74, 6) is 0. The number of hydrogen-bond acceptors (Lipinski definition) is 7. The lowest BCUT2D eigenvalue weighted by Gasteiger charge is -2.48. The van der Waals surface area contributed by atoms with E-state index in [9.17, 15) is 8.42 Å². The third kappa shape index (κ3) is 5.11. The van der Waals surface area contributed by atoms with E-state index in [-0.39, 0.29) is 11.5 Å². The summed E-state index contributed by atoms with van der Waals surface area (Å²) in [6, 6.07) is 24.5. The molecule has 8 heteroatoms. The van der Waals surface area contributed by atoms with Crippen molar-refractivity contribution in [1.29, 1.82) is 0 Å². The Morgan fingerprint density at radius 2 is 1.50 bits per heavy atom. The van der Waals surface area contributed by atoms with E-state index < -0.39 is 45.1 Å². The molecule has 36 heavy (non-hydrogen) atoms. The SMILES string of the molecule is CO[C@@H]1O[C@@H]2COC(c3ccccc3)O[C@H]2[C@H](S(=O)(=O)c2ccc(C)cc2)[C@H]1Sc1ccc(C)cc1. The third-order valence-electron chi connectivity index (χ3n) is 6.59. The van der Waals surface area contributed by atoms with Gasteiger partial charge in [0.15, 0.2) is 22.4 Å². The van der Waals surface area contributed by atoms with Crippen molar-refractivity contribution in [1.82, 2.24) is 0 Å². The molecule has 2 aliphatic rings. The fourth-order valence-electron chi connectivity index (χ4n) is 4.65. The van der Waals surface area contributed by atoms with Crippen molar-refractivity contribution < 1.29 is 27.4 Å². The standard InChI is InChI=1S/C28H30O6S2/c1-18-9-13-21(14-10-18)35-25-26(36(29,30)22-15-11-19(2)12-16-22)24-23(33-28(25)31-3)17-32-27(34-24)20-7-5-4-6-8-20/h4-16,23-28H,17H2,1-3H3/t23-,24-,25-,26+,27?,28-/m1/s1. The molecular weight excluding hydrogens is 496 g/mol. The number of thioether (sulfide) groups is 1. The van der Waals surface area contributed by atoms with Gasteiger partial charge in [0.05, 0.1) is 16.8 Å². The molecular formula is C28H30O6S2. The Balaban J connectivity index is 1.57. The van der Waals surface area contributed by atoms with Gasteiger partial charge in [-0.15, -0.1) is 11.8 Å². The first-order valence-electron chi connectivity index (χ1n) is 11.9. The summed E-state index contributed by atoms with van der Waals surface area (Å²) >= 11 is 1.44. The Bertz CT molecular complexity index is 1260. The van der Waals surface area contributed by atoms with Gasteiger partial charge < -0.3 is 18.9 Å². The van der Waals surface area contributed by atoms with E-state index in [4.69, 9.17) is 18.9 Å². The second-order valence-corrected chi connectivity index (χ2v) is 12.5. The highest BCUT2D eigenvalue weighted by Gasteiger charge is 2.56. The first kappa shape index (κ1) is 25.4. The zero-order chi connectivity index (χ0) is 25.3. The van der Waals surface area contributed by atoms with Crippen LogP contribution in [0.4, 0.5) is 0 Å². The molecule has 2 aliphatic heterocycles. The maximum atomic E-state index is 14.3. The molecule has 0 bridgehead atoms. The molecule has 2 heterocycles. The molecule has 6 nitrogen and oxygen atoms in total. The minimum Gasteiger partial charge on any atom is -0.355 e. The van der Waals surface area contributed by atoms with Gasteiger partial charge in [0.25, 0.3) is 0 Å². The molecule has 0 N–H and O–H groups in total. The van der Waals surface area contributed by atoms with Crippen molar-refractivity contribution in [3.63, 3.8) is 0 Å². The van der Waals surface area contributed by atoms with Gasteiger partial charge in [-0.1, -0.05) is 65.7 Å². The van der Waals surface area contributed by atoms with Crippen molar-refractivity contribution in [3.05, 3.63) is 95.6 Å². The Morgan fingerprint density at radius 3 is 2.14 bits per heavy atom. The number of rotatable bonds is 6. The fourth-order valence-corrected chi connectivity index (χ4v) is 8.35. The van der Waals surface area contributed by atoms with Gasteiger partial charge in [-0.3, -0.25) is 0 Å². The van der Waals surface area contributed by atoms with Crippen molar-refractivity contribution in [3.8, 4) is 0 Å². The predicted octanol–water partition coefficient (Wildman–Crippen LogP) is 5.09. The summed E-state index contributed by atoms with van der Waals surface area (Å²) in [4.78, 5) is 1.19. The van der Waals surface area contributed by atoms with E-state index in [1.54, 1.807) is 19.2 Å². The van der Waals surface area contributed by atoms with Gasteiger partial charge in [0.2, 0.25) is 0 Å². The highest BCUT2D eigenvalue weighted by atomic mass is 32.2. The highest BCUT2D eigenvalue weighted by molar-refractivity contribution is 8.01. The topological polar surface area (TPSA) is 71.1 Å². The smallest absolute Gasteiger partial charge is 0.185 e. The van der Waals surface area contributed by atoms with Crippen molar-refractivity contribution in [2.24, 2.45) is 0 Å². The zero-order valence-corrected chi connectivity index (χ0v) is 22.1. The molecule has 0 amide bonds. The monoisotopic (exact) mass is 526 g/mol. The lowest BCUT2D eigenvalue weighted by atomic mass is 10.0. The van der Waals surface area contributed by atoms with Gasteiger partial charge in [-0.25, -0.2) is 8.42 Å². The Hall–Kier alpha value is -2.20. The normalized spacial score (nSPS) is 28.4. The van der Waals surface area contributed by atoms with Crippen LogP contribution < -0.4 is 0 Å². The molecule has 0 spiro atoms. The molecule has 6 atom stereocenters. The van der Waals surface area contributed by atoms with E-state index in [0.29, 0.717) is 0 Å². The average molecular weight is 527 g/mol. The number of methoxy groups -OCH3 is 1. The average Bonchev–Trinajstić information content (AvgIpc) is 2.89. The van der Waals surface area contributed by atoms with Gasteiger partial charge in [0, 0.05) is 17.6 Å². The quantitative estimate of drug-likeness (QED) is 0.443.